The van der Waals surface area contributed by atoms with Crippen LogP contribution in [0.3, 0.4) is 0 Å². The number of aromatic amines is 2. The first-order valence-electron chi connectivity index (χ1n) is 9.84. The van der Waals surface area contributed by atoms with Crippen LogP contribution in [0.15, 0.2) is 85.2 Å². The molecule has 0 aliphatic carbocycles. The van der Waals surface area contributed by atoms with E-state index >= 15 is 0 Å². The van der Waals surface area contributed by atoms with E-state index in [2.05, 4.69) is 34.2 Å². The third kappa shape index (κ3) is 3.46. The zero-order valence-electron chi connectivity index (χ0n) is 16.2. The molecule has 0 radical (unpaired) electrons. The molecule has 148 valence electrons. The van der Waals surface area contributed by atoms with Gasteiger partial charge in [0, 0.05) is 57.9 Å². The van der Waals surface area contributed by atoms with Gasteiger partial charge in [-0.2, -0.15) is 0 Å². The van der Waals surface area contributed by atoms with E-state index in [1.165, 1.54) is 0 Å². The molecule has 0 aliphatic heterocycles. The van der Waals surface area contributed by atoms with Crippen molar-refractivity contribution in [2.24, 2.45) is 0 Å². The molecule has 0 fully saturated rings. The lowest BCUT2D eigenvalue weighted by Gasteiger charge is -2.24. The number of rotatable bonds is 5. The molecule has 5 rings (SSSR count). The fourth-order valence-electron chi connectivity index (χ4n) is 3.99. The zero-order chi connectivity index (χ0) is 20.5. The molecule has 0 saturated carbocycles. The molecule has 0 bridgehead atoms. The van der Waals surface area contributed by atoms with E-state index in [1.807, 2.05) is 53.7 Å². The molecule has 3 aromatic carbocycles. The van der Waals surface area contributed by atoms with Gasteiger partial charge in [-0.05, 0) is 53.6 Å². The Morgan fingerprint density at radius 2 is 1.33 bits per heavy atom. The molecule has 5 aromatic rings. The maximum absolute atomic E-state index is 13.5. The molecule has 0 spiro atoms. The van der Waals surface area contributed by atoms with Gasteiger partial charge in [-0.15, -0.1) is 0 Å². The number of nitrogens with zero attached hydrogens (tertiary/aromatic N) is 1. The number of amides is 1. The van der Waals surface area contributed by atoms with Crippen LogP contribution in [0, 0.1) is 0 Å². The van der Waals surface area contributed by atoms with Crippen LogP contribution in [-0.4, -0.2) is 20.8 Å². The highest BCUT2D eigenvalue weighted by molar-refractivity contribution is 6.30. The summed E-state index contributed by atoms with van der Waals surface area (Å²) < 4.78 is 0. The molecule has 1 amide bonds. The molecule has 5 heteroatoms. The molecule has 2 heterocycles. The number of hydrogen-bond acceptors (Lipinski definition) is 1. The van der Waals surface area contributed by atoms with Crippen molar-refractivity contribution in [2.45, 2.75) is 13.1 Å². The predicted molar refractivity (Wildman–Crippen MR) is 122 cm³/mol. The van der Waals surface area contributed by atoms with Gasteiger partial charge in [0.25, 0.3) is 5.91 Å². The van der Waals surface area contributed by atoms with Crippen molar-refractivity contribution in [3.8, 4) is 0 Å². The van der Waals surface area contributed by atoms with E-state index < -0.39 is 0 Å². The third-order valence-electron chi connectivity index (χ3n) is 5.45. The Morgan fingerprint density at radius 3 is 1.90 bits per heavy atom. The lowest BCUT2D eigenvalue weighted by atomic mass is 10.1. The van der Waals surface area contributed by atoms with Crippen molar-refractivity contribution in [1.82, 2.24) is 14.9 Å². The molecule has 0 unspecified atom stereocenters. The Morgan fingerprint density at radius 1 is 0.767 bits per heavy atom. The van der Waals surface area contributed by atoms with E-state index in [-0.39, 0.29) is 5.91 Å². The van der Waals surface area contributed by atoms with Crippen LogP contribution in [0.5, 0.6) is 0 Å². The van der Waals surface area contributed by atoms with Crippen LogP contribution < -0.4 is 0 Å². The number of benzene rings is 3. The summed E-state index contributed by atoms with van der Waals surface area (Å²) in [5.41, 5.74) is 4.92. The number of halogens is 1. The second-order valence-corrected chi connectivity index (χ2v) is 7.82. The Balaban J connectivity index is 1.55. The number of hydrogen-bond donors (Lipinski definition) is 2. The normalized spacial score (nSPS) is 11.2. The average Bonchev–Trinajstić information content (AvgIpc) is 3.43. The van der Waals surface area contributed by atoms with Crippen molar-refractivity contribution in [1.29, 1.82) is 0 Å². The molecule has 2 aromatic heterocycles. The number of fused-ring (bicyclic) bond motifs is 2. The van der Waals surface area contributed by atoms with Gasteiger partial charge in [0.15, 0.2) is 0 Å². The lowest BCUT2D eigenvalue weighted by molar-refractivity contribution is 0.0731. The van der Waals surface area contributed by atoms with E-state index in [0.717, 1.165) is 32.9 Å². The standard InChI is InChI=1S/C25H20ClN3O/c26-20-7-1-4-17(14-20)25(30)29(15-18-5-2-8-23-21(18)10-12-27-23)16-19-6-3-9-24-22(19)11-13-28-24/h1-14,27-28H,15-16H2. The minimum Gasteiger partial charge on any atom is -0.361 e. The smallest absolute Gasteiger partial charge is 0.254 e. The van der Waals surface area contributed by atoms with Crippen LogP contribution >= 0.6 is 11.6 Å². The Hall–Kier alpha value is -3.50. The number of aromatic nitrogens is 2. The van der Waals surface area contributed by atoms with Crippen molar-refractivity contribution in [3.63, 3.8) is 0 Å². The maximum atomic E-state index is 13.5. The first kappa shape index (κ1) is 18.5. The molecule has 0 aliphatic rings. The predicted octanol–water partition coefficient (Wildman–Crippen LogP) is 6.15. The molecule has 2 N–H and O–H groups in total. The largest absolute Gasteiger partial charge is 0.361 e. The number of carbonyl (C=O) groups is 1. The van der Waals surface area contributed by atoms with Crippen LogP contribution in [0.2, 0.25) is 5.02 Å². The minimum absolute atomic E-state index is 0.0439. The lowest BCUT2D eigenvalue weighted by Crippen LogP contribution is -2.30. The molecular weight excluding hydrogens is 394 g/mol. The quantitative estimate of drug-likeness (QED) is 0.357. The van der Waals surface area contributed by atoms with Crippen LogP contribution in [0.4, 0.5) is 0 Å². The van der Waals surface area contributed by atoms with Crippen LogP contribution in [0.1, 0.15) is 21.5 Å². The number of carbonyl (C=O) groups excluding carboxylic acids is 1. The van der Waals surface area contributed by atoms with Crippen molar-refractivity contribution in [2.75, 3.05) is 0 Å². The van der Waals surface area contributed by atoms with Gasteiger partial charge in [0.2, 0.25) is 0 Å². The summed E-state index contributed by atoms with van der Waals surface area (Å²) >= 11 is 6.16. The monoisotopic (exact) mass is 413 g/mol. The number of H-pyrrole nitrogens is 2. The molecule has 4 nitrogen and oxygen atoms in total. The maximum Gasteiger partial charge on any atom is 0.254 e. The SMILES string of the molecule is O=C(c1cccc(Cl)c1)N(Cc1cccc2[nH]ccc12)Cc1cccc2[nH]ccc12. The highest BCUT2D eigenvalue weighted by atomic mass is 35.5. The first-order valence-corrected chi connectivity index (χ1v) is 10.2. The zero-order valence-corrected chi connectivity index (χ0v) is 17.0. The summed E-state index contributed by atoms with van der Waals surface area (Å²) in [6.45, 7) is 1.00. The van der Waals surface area contributed by atoms with Gasteiger partial charge in [-0.25, -0.2) is 0 Å². The molecule has 30 heavy (non-hydrogen) atoms. The van der Waals surface area contributed by atoms with Gasteiger partial charge in [-0.3, -0.25) is 4.79 Å². The van der Waals surface area contributed by atoms with E-state index in [9.17, 15) is 4.79 Å². The van der Waals surface area contributed by atoms with Crippen molar-refractivity contribution < 1.29 is 4.79 Å². The van der Waals surface area contributed by atoms with E-state index in [1.54, 1.807) is 12.1 Å². The second-order valence-electron chi connectivity index (χ2n) is 7.38. The Labute approximate surface area is 179 Å². The van der Waals surface area contributed by atoms with Crippen molar-refractivity contribution in [3.05, 3.63) is 107 Å². The summed E-state index contributed by atoms with van der Waals surface area (Å²) in [5.74, 6) is -0.0439. The third-order valence-corrected chi connectivity index (χ3v) is 5.69. The highest BCUT2D eigenvalue weighted by Gasteiger charge is 2.19. The van der Waals surface area contributed by atoms with Gasteiger partial charge in [0.05, 0.1) is 0 Å². The summed E-state index contributed by atoms with van der Waals surface area (Å²) in [6.07, 6.45) is 3.86. The van der Waals surface area contributed by atoms with Crippen LogP contribution in [-0.2, 0) is 13.1 Å². The topological polar surface area (TPSA) is 51.9 Å². The fraction of sp³-hybridized carbons (Fsp3) is 0.0800. The summed E-state index contributed by atoms with van der Waals surface area (Å²) in [6, 6.07) is 23.5. The summed E-state index contributed by atoms with van der Waals surface area (Å²) in [5, 5.41) is 2.81. The Bertz CT molecular complexity index is 1270. The average molecular weight is 414 g/mol. The van der Waals surface area contributed by atoms with Gasteiger partial charge in [0.1, 0.15) is 0 Å². The van der Waals surface area contributed by atoms with Crippen LogP contribution in [0.25, 0.3) is 21.8 Å². The van der Waals surface area contributed by atoms with E-state index in [0.29, 0.717) is 23.7 Å². The fourth-order valence-corrected chi connectivity index (χ4v) is 4.18. The first-order chi connectivity index (χ1) is 14.7. The van der Waals surface area contributed by atoms with Crippen molar-refractivity contribution >= 4 is 39.3 Å². The Kier molecular flexibility index (Phi) is 4.77. The molecular formula is C25H20ClN3O. The van der Waals surface area contributed by atoms with Gasteiger partial charge in [-0.1, -0.05) is 41.9 Å². The minimum atomic E-state index is -0.0439. The number of nitrogens with one attached hydrogen (secondary N) is 2. The molecule has 0 saturated heterocycles. The van der Waals surface area contributed by atoms with Gasteiger partial charge < -0.3 is 14.9 Å². The summed E-state index contributed by atoms with van der Waals surface area (Å²) in [4.78, 5) is 21.9. The van der Waals surface area contributed by atoms with E-state index in [4.69, 9.17) is 11.6 Å². The van der Waals surface area contributed by atoms with Gasteiger partial charge >= 0.3 is 0 Å². The summed E-state index contributed by atoms with van der Waals surface area (Å²) in [7, 11) is 0. The second kappa shape index (κ2) is 7.73. The highest BCUT2D eigenvalue weighted by Crippen LogP contribution is 2.24. The molecule has 0 atom stereocenters.